The fraction of sp³-hybridized carbons (Fsp3) is 0.435. The van der Waals surface area contributed by atoms with Crippen LogP contribution in [0.1, 0.15) is 24.8 Å². The molecule has 0 aliphatic carbocycles. The second kappa shape index (κ2) is 10.8. The Kier molecular flexibility index (Phi) is 7.87. The zero-order valence-electron chi connectivity index (χ0n) is 16.8. The van der Waals surface area contributed by atoms with Gasteiger partial charge >= 0.3 is 0 Å². The summed E-state index contributed by atoms with van der Waals surface area (Å²) in [5.74, 6) is 1.35. The van der Waals surface area contributed by atoms with Crippen molar-refractivity contribution >= 4 is 5.91 Å². The van der Waals surface area contributed by atoms with Gasteiger partial charge < -0.3 is 19.1 Å². The number of likely N-dealkylation sites (tertiary alicyclic amines) is 1. The molecular weight excluding hydrogens is 373 g/mol. The lowest BCUT2D eigenvalue weighted by molar-refractivity contribution is -0.133. The Morgan fingerprint density at radius 2 is 1.83 bits per heavy atom. The number of piperidine rings is 1. The van der Waals surface area contributed by atoms with Crippen LogP contribution >= 0.6 is 0 Å². The molecule has 1 aliphatic rings. The monoisotopic (exact) mass is 401 g/mol. The first-order chi connectivity index (χ1) is 14.1. The van der Waals surface area contributed by atoms with Gasteiger partial charge in [0.05, 0.1) is 19.8 Å². The zero-order valence-corrected chi connectivity index (χ0v) is 16.8. The molecule has 1 aliphatic heterocycles. The Labute approximate surface area is 171 Å². The number of carbonyl (C=O) groups is 1. The summed E-state index contributed by atoms with van der Waals surface area (Å²) in [5, 5.41) is 0. The molecule has 1 amide bonds. The van der Waals surface area contributed by atoms with Crippen LogP contribution in [0, 0.1) is 5.82 Å². The first-order valence-electron chi connectivity index (χ1n) is 10.0. The lowest BCUT2D eigenvalue weighted by atomic mass is 10.1. The van der Waals surface area contributed by atoms with E-state index in [1.165, 1.54) is 12.1 Å². The number of methoxy groups -OCH3 is 1. The van der Waals surface area contributed by atoms with E-state index in [4.69, 9.17) is 14.2 Å². The second-order valence-corrected chi connectivity index (χ2v) is 7.10. The van der Waals surface area contributed by atoms with Crippen molar-refractivity contribution in [2.24, 2.45) is 0 Å². The van der Waals surface area contributed by atoms with E-state index in [-0.39, 0.29) is 17.8 Å². The van der Waals surface area contributed by atoms with E-state index in [1.807, 2.05) is 29.2 Å². The van der Waals surface area contributed by atoms with Crippen LogP contribution in [-0.2, 0) is 16.0 Å². The van der Waals surface area contributed by atoms with Gasteiger partial charge in [0, 0.05) is 19.5 Å². The number of aryl methyl sites for hydroxylation is 1. The molecule has 29 heavy (non-hydrogen) atoms. The molecule has 0 atom stereocenters. The van der Waals surface area contributed by atoms with Gasteiger partial charge in [0.15, 0.2) is 0 Å². The lowest BCUT2D eigenvalue weighted by Crippen LogP contribution is -2.41. The summed E-state index contributed by atoms with van der Waals surface area (Å²) in [5.41, 5.74) is 1.11. The molecule has 0 aromatic heterocycles. The van der Waals surface area contributed by atoms with Crippen LogP contribution in [0.25, 0.3) is 0 Å². The van der Waals surface area contributed by atoms with Crippen LogP contribution in [0.15, 0.2) is 48.5 Å². The molecule has 2 aromatic carbocycles. The number of amides is 1. The SMILES string of the molecule is COc1cccc(CCC(=O)N2CCC(OCCOc3ccc(F)cc3)CC2)c1. The number of rotatable bonds is 9. The van der Waals surface area contributed by atoms with Crippen molar-refractivity contribution in [3.05, 3.63) is 59.9 Å². The van der Waals surface area contributed by atoms with Crippen molar-refractivity contribution in [1.29, 1.82) is 0 Å². The van der Waals surface area contributed by atoms with Crippen molar-refractivity contribution in [3.8, 4) is 11.5 Å². The van der Waals surface area contributed by atoms with Crippen LogP contribution in [-0.4, -0.2) is 50.3 Å². The third-order valence-corrected chi connectivity index (χ3v) is 5.08. The van der Waals surface area contributed by atoms with Gasteiger partial charge in [-0.25, -0.2) is 4.39 Å². The summed E-state index contributed by atoms with van der Waals surface area (Å²) in [7, 11) is 1.64. The highest BCUT2D eigenvalue weighted by molar-refractivity contribution is 5.76. The topological polar surface area (TPSA) is 48.0 Å². The van der Waals surface area contributed by atoms with Crippen molar-refractivity contribution in [2.75, 3.05) is 33.4 Å². The standard InChI is InChI=1S/C23H28FNO4/c1-27-22-4-2-3-18(17-22)5-10-23(26)25-13-11-21(12-14-25)29-16-15-28-20-8-6-19(24)7-9-20/h2-4,6-9,17,21H,5,10-16H2,1H3. The summed E-state index contributed by atoms with van der Waals surface area (Å²) in [6.45, 7) is 2.35. The zero-order chi connectivity index (χ0) is 20.5. The van der Waals surface area contributed by atoms with Crippen LogP contribution in [0.4, 0.5) is 4.39 Å². The molecule has 156 valence electrons. The van der Waals surface area contributed by atoms with Crippen molar-refractivity contribution in [2.45, 2.75) is 31.8 Å². The first kappa shape index (κ1) is 21.1. The van der Waals surface area contributed by atoms with E-state index < -0.39 is 0 Å². The molecular formula is C23H28FNO4. The Hall–Kier alpha value is -2.60. The molecule has 3 rings (SSSR count). The van der Waals surface area contributed by atoms with Gasteiger partial charge in [0.1, 0.15) is 23.9 Å². The van der Waals surface area contributed by atoms with Crippen molar-refractivity contribution in [3.63, 3.8) is 0 Å². The highest BCUT2D eigenvalue weighted by atomic mass is 19.1. The minimum Gasteiger partial charge on any atom is -0.497 e. The summed E-state index contributed by atoms with van der Waals surface area (Å²) in [6, 6.07) is 13.8. The fourth-order valence-electron chi connectivity index (χ4n) is 3.41. The predicted octanol–water partition coefficient (Wildman–Crippen LogP) is 3.85. The van der Waals surface area contributed by atoms with Gasteiger partial charge in [-0.05, 0) is 61.2 Å². The number of halogens is 1. The normalized spacial score (nSPS) is 14.6. The average Bonchev–Trinajstić information content (AvgIpc) is 2.77. The van der Waals surface area contributed by atoms with E-state index in [9.17, 15) is 9.18 Å². The Balaban J connectivity index is 1.31. The number of nitrogens with zero attached hydrogens (tertiary/aromatic N) is 1. The summed E-state index contributed by atoms with van der Waals surface area (Å²) in [6.07, 6.45) is 3.04. The number of hydrogen-bond acceptors (Lipinski definition) is 4. The quantitative estimate of drug-likeness (QED) is 0.599. The Morgan fingerprint density at radius 3 is 2.55 bits per heavy atom. The second-order valence-electron chi connectivity index (χ2n) is 7.10. The molecule has 1 fully saturated rings. The number of hydrogen-bond donors (Lipinski definition) is 0. The summed E-state index contributed by atoms with van der Waals surface area (Å²) in [4.78, 5) is 14.4. The Bertz CT molecular complexity index is 773. The highest BCUT2D eigenvalue weighted by Crippen LogP contribution is 2.18. The minimum absolute atomic E-state index is 0.147. The number of carbonyl (C=O) groups excluding carboxylic acids is 1. The van der Waals surface area contributed by atoms with Gasteiger partial charge in [-0.3, -0.25) is 4.79 Å². The number of ether oxygens (including phenoxy) is 3. The van der Waals surface area contributed by atoms with Gasteiger partial charge in [-0.15, -0.1) is 0 Å². The van der Waals surface area contributed by atoms with Gasteiger partial charge in [0.2, 0.25) is 5.91 Å². The molecule has 6 heteroatoms. The molecule has 0 radical (unpaired) electrons. The number of benzene rings is 2. The molecule has 5 nitrogen and oxygen atoms in total. The maximum atomic E-state index is 12.9. The average molecular weight is 401 g/mol. The van der Waals surface area contributed by atoms with E-state index >= 15 is 0 Å². The van der Waals surface area contributed by atoms with Crippen LogP contribution < -0.4 is 9.47 Å². The maximum Gasteiger partial charge on any atom is 0.222 e. The van der Waals surface area contributed by atoms with Gasteiger partial charge in [-0.1, -0.05) is 12.1 Å². The Morgan fingerprint density at radius 1 is 1.07 bits per heavy atom. The minimum atomic E-state index is -0.279. The third kappa shape index (κ3) is 6.75. The van der Waals surface area contributed by atoms with Crippen LogP contribution in [0.2, 0.25) is 0 Å². The smallest absolute Gasteiger partial charge is 0.222 e. The van der Waals surface area contributed by atoms with Crippen molar-refractivity contribution in [1.82, 2.24) is 4.90 Å². The molecule has 0 spiro atoms. The molecule has 0 unspecified atom stereocenters. The van der Waals surface area contributed by atoms with E-state index in [0.717, 1.165) is 37.2 Å². The largest absolute Gasteiger partial charge is 0.497 e. The highest BCUT2D eigenvalue weighted by Gasteiger charge is 2.23. The molecule has 0 N–H and O–H groups in total. The molecule has 0 saturated carbocycles. The van der Waals surface area contributed by atoms with Crippen LogP contribution in [0.5, 0.6) is 11.5 Å². The molecule has 0 bridgehead atoms. The summed E-state index contributed by atoms with van der Waals surface area (Å²) >= 11 is 0. The summed E-state index contributed by atoms with van der Waals surface area (Å²) < 4.78 is 29.5. The van der Waals surface area contributed by atoms with Crippen molar-refractivity contribution < 1.29 is 23.4 Å². The van der Waals surface area contributed by atoms with E-state index in [0.29, 0.717) is 31.8 Å². The lowest BCUT2D eigenvalue weighted by Gasteiger charge is -2.32. The first-order valence-corrected chi connectivity index (χ1v) is 10.0. The third-order valence-electron chi connectivity index (χ3n) is 5.08. The maximum absolute atomic E-state index is 12.9. The molecule has 1 heterocycles. The van der Waals surface area contributed by atoms with E-state index in [1.54, 1.807) is 19.2 Å². The molecule has 2 aromatic rings. The molecule has 1 saturated heterocycles. The van der Waals surface area contributed by atoms with Crippen LogP contribution in [0.3, 0.4) is 0 Å². The van der Waals surface area contributed by atoms with Gasteiger partial charge in [0.25, 0.3) is 0 Å². The predicted molar refractivity (Wildman–Crippen MR) is 109 cm³/mol. The fourth-order valence-corrected chi connectivity index (χ4v) is 3.41. The van der Waals surface area contributed by atoms with Gasteiger partial charge in [-0.2, -0.15) is 0 Å². The van der Waals surface area contributed by atoms with E-state index in [2.05, 4.69) is 0 Å².